The standard InChI is InChI=1S/C55H33NO2Si/c1-10-24-46-39(18-1)53-48(57-46)32-31-43-54(53)58-47-25-11-7-21-42(47)55(43)40-19-5-8-22-44(40)56(45-23-9-6-20-41(45)55)34-29-30-38-37-17-4-14-28-51(37)59(52(38)33-34)49-26-12-2-15-35(49)36-16-3-13-27-50(36)59/h1-33H. The van der Waals surface area contributed by atoms with Crippen LogP contribution in [0.5, 0.6) is 11.5 Å². The largest absolute Gasteiger partial charge is 0.456 e. The Morgan fingerprint density at radius 1 is 0.407 bits per heavy atom. The molecular weight excluding hydrogens is 735 g/mol. The monoisotopic (exact) mass is 767 g/mol. The van der Waals surface area contributed by atoms with Gasteiger partial charge in [0.25, 0.3) is 0 Å². The quantitative estimate of drug-likeness (QED) is 0.156. The number of hydrogen-bond donors (Lipinski definition) is 0. The van der Waals surface area contributed by atoms with Crippen molar-refractivity contribution in [3.05, 3.63) is 222 Å². The molecule has 4 aliphatic rings. The highest BCUT2D eigenvalue weighted by atomic mass is 28.3. The molecule has 0 unspecified atom stereocenters. The lowest BCUT2D eigenvalue weighted by atomic mass is 9.61. The maximum atomic E-state index is 7.05. The second-order valence-electron chi connectivity index (χ2n) is 16.2. The SMILES string of the molecule is c1ccc2c(c1)Oc1c(ccc3oc4ccccc4c13)C21c2ccccc2N(c2ccc3c(c2)[Si]2(c4ccccc4-c4ccccc42)c2ccccc2-3)c2ccccc21. The van der Waals surface area contributed by atoms with Gasteiger partial charge in [-0.1, -0.05) is 152 Å². The molecule has 59 heavy (non-hydrogen) atoms. The maximum absolute atomic E-state index is 7.05. The van der Waals surface area contributed by atoms with E-state index in [1.807, 2.05) is 12.1 Å². The van der Waals surface area contributed by atoms with Gasteiger partial charge in [0.1, 0.15) is 22.7 Å². The Morgan fingerprint density at radius 3 is 1.63 bits per heavy atom. The van der Waals surface area contributed by atoms with E-state index in [4.69, 9.17) is 9.15 Å². The highest BCUT2D eigenvalue weighted by molar-refractivity contribution is 7.24. The minimum atomic E-state index is -2.66. The molecule has 0 bridgehead atoms. The Bertz CT molecular complexity index is 3360. The van der Waals surface area contributed by atoms with Gasteiger partial charge in [-0.05, 0) is 103 Å². The van der Waals surface area contributed by atoms with E-state index < -0.39 is 13.5 Å². The van der Waals surface area contributed by atoms with Crippen LogP contribution in [-0.2, 0) is 5.41 Å². The van der Waals surface area contributed by atoms with Gasteiger partial charge in [-0.25, -0.2) is 0 Å². The number of benzene rings is 9. The number of rotatable bonds is 1. The molecule has 0 fully saturated rings. The predicted molar refractivity (Wildman–Crippen MR) is 242 cm³/mol. The van der Waals surface area contributed by atoms with Gasteiger partial charge in [0.05, 0.1) is 22.2 Å². The summed E-state index contributed by atoms with van der Waals surface area (Å²) in [6.07, 6.45) is 0. The van der Waals surface area contributed by atoms with E-state index in [9.17, 15) is 0 Å². The van der Waals surface area contributed by atoms with Gasteiger partial charge in [-0.3, -0.25) is 0 Å². The second kappa shape index (κ2) is 11.2. The van der Waals surface area contributed by atoms with Crippen LogP contribution in [0.2, 0.25) is 0 Å². The van der Waals surface area contributed by atoms with Gasteiger partial charge in [0, 0.05) is 22.2 Å². The van der Waals surface area contributed by atoms with E-state index in [1.54, 1.807) is 0 Å². The summed E-state index contributed by atoms with van der Waals surface area (Å²) >= 11 is 0. The van der Waals surface area contributed by atoms with Crippen molar-refractivity contribution < 1.29 is 9.15 Å². The van der Waals surface area contributed by atoms with E-state index in [1.165, 1.54) is 54.1 Å². The van der Waals surface area contributed by atoms with E-state index >= 15 is 0 Å². The van der Waals surface area contributed by atoms with Crippen molar-refractivity contribution in [2.24, 2.45) is 0 Å². The molecular formula is C55H33NO2Si. The fourth-order valence-corrected chi connectivity index (χ4v) is 17.3. The molecule has 0 saturated heterocycles. The topological polar surface area (TPSA) is 25.6 Å². The number of hydrogen-bond acceptors (Lipinski definition) is 3. The Hall–Kier alpha value is -7.40. The fourth-order valence-electron chi connectivity index (χ4n) is 11.6. The van der Waals surface area contributed by atoms with E-state index in [2.05, 4.69) is 193 Å². The Balaban J connectivity index is 1.07. The van der Waals surface area contributed by atoms with Crippen LogP contribution in [0.1, 0.15) is 22.3 Å². The first-order valence-electron chi connectivity index (χ1n) is 20.4. The predicted octanol–water partition coefficient (Wildman–Crippen LogP) is 11.2. The van der Waals surface area contributed by atoms with Crippen molar-refractivity contribution in [2.45, 2.75) is 5.41 Å². The third-order valence-corrected chi connectivity index (χ3v) is 18.7. The number of furan rings is 1. The lowest BCUT2D eigenvalue weighted by Crippen LogP contribution is -2.70. The van der Waals surface area contributed by atoms with Gasteiger partial charge in [-0.15, -0.1) is 0 Å². The third kappa shape index (κ3) is 3.70. The summed E-state index contributed by atoms with van der Waals surface area (Å²) in [7, 11) is -2.66. The summed E-state index contributed by atoms with van der Waals surface area (Å²) in [6, 6.07) is 74.3. The van der Waals surface area contributed by atoms with Gasteiger partial charge in [0.15, 0.2) is 8.07 Å². The Morgan fingerprint density at radius 2 is 0.949 bits per heavy atom. The van der Waals surface area contributed by atoms with Crippen LogP contribution in [0.4, 0.5) is 17.1 Å². The number of fused-ring (bicyclic) bond motifs is 22. The molecule has 0 aliphatic carbocycles. The smallest absolute Gasteiger partial charge is 0.182 e. The van der Waals surface area contributed by atoms with Crippen LogP contribution < -0.4 is 30.4 Å². The maximum Gasteiger partial charge on any atom is 0.182 e. The molecule has 0 amide bonds. The van der Waals surface area contributed by atoms with Crippen molar-refractivity contribution in [1.29, 1.82) is 0 Å². The Labute approximate surface area is 342 Å². The molecule has 1 aromatic heterocycles. The van der Waals surface area contributed by atoms with Gasteiger partial charge < -0.3 is 14.1 Å². The molecule has 4 aliphatic heterocycles. The minimum Gasteiger partial charge on any atom is -0.456 e. The summed E-state index contributed by atoms with van der Waals surface area (Å²) in [4.78, 5) is 2.53. The fraction of sp³-hybridized carbons (Fsp3) is 0.0182. The van der Waals surface area contributed by atoms with Crippen LogP contribution in [0.3, 0.4) is 0 Å². The molecule has 3 nitrogen and oxygen atoms in total. The molecule has 10 aromatic rings. The first kappa shape index (κ1) is 31.7. The molecule has 0 radical (unpaired) electrons. The highest BCUT2D eigenvalue weighted by Crippen LogP contribution is 2.64. The molecule has 0 N–H and O–H groups in total. The van der Waals surface area contributed by atoms with Crippen LogP contribution in [0.25, 0.3) is 44.2 Å². The highest BCUT2D eigenvalue weighted by Gasteiger charge is 2.55. The van der Waals surface area contributed by atoms with E-state index in [-0.39, 0.29) is 0 Å². The van der Waals surface area contributed by atoms with Crippen molar-refractivity contribution in [3.8, 4) is 33.8 Å². The molecule has 14 rings (SSSR count). The summed E-state index contributed by atoms with van der Waals surface area (Å²) < 4.78 is 13.5. The Kier molecular flexibility index (Phi) is 5.99. The van der Waals surface area contributed by atoms with Crippen molar-refractivity contribution >= 4 is 67.8 Å². The zero-order chi connectivity index (χ0) is 38.5. The number of para-hydroxylation sites is 4. The number of anilines is 3. The molecule has 5 heterocycles. The van der Waals surface area contributed by atoms with Crippen LogP contribution in [0, 0.1) is 0 Å². The minimum absolute atomic E-state index is 0.674. The van der Waals surface area contributed by atoms with Gasteiger partial charge in [0.2, 0.25) is 0 Å². The molecule has 274 valence electrons. The normalized spacial score (nSPS) is 15.2. The second-order valence-corrected chi connectivity index (χ2v) is 19.9. The molecule has 0 atom stereocenters. The van der Waals surface area contributed by atoms with Gasteiger partial charge >= 0.3 is 0 Å². The molecule has 2 spiro atoms. The zero-order valence-electron chi connectivity index (χ0n) is 31.8. The average Bonchev–Trinajstić information content (AvgIpc) is 3.93. The van der Waals surface area contributed by atoms with Crippen molar-refractivity contribution in [1.82, 2.24) is 0 Å². The summed E-state index contributed by atoms with van der Waals surface area (Å²) in [6.45, 7) is 0. The molecule has 0 saturated carbocycles. The number of ether oxygens (including phenoxy) is 1. The van der Waals surface area contributed by atoms with E-state index in [0.717, 1.165) is 61.6 Å². The van der Waals surface area contributed by atoms with Crippen molar-refractivity contribution in [3.63, 3.8) is 0 Å². The van der Waals surface area contributed by atoms with Crippen LogP contribution in [-0.4, -0.2) is 8.07 Å². The van der Waals surface area contributed by atoms with Crippen LogP contribution >= 0.6 is 0 Å². The lowest BCUT2D eigenvalue weighted by Gasteiger charge is -2.48. The summed E-state index contributed by atoms with van der Waals surface area (Å²) in [5, 5.41) is 7.97. The third-order valence-electron chi connectivity index (χ3n) is 13.7. The number of nitrogens with zero attached hydrogens (tertiary/aromatic N) is 1. The lowest BCUT2D eigenvalue weighted by molar-refractivity contribution is 0.439. The van der Waals surface area contributed by atoms with Gasteiger partial charge in [-0.2, -0.15) is 0 Å². The average molecular weight is 768 g/mol. The first-order valence-corrected chi connectivity index (χ1v) is 22.4. The zero-order valence-corrected chi connectivity index (χ0v) is 32.8. The summed E-state index contributed by atoms with van der Waals surface area (Å²) in [5.74, 6) is 1.71. The van der Waals surface area contributed by atoms with E-state index in [0.29, 0.717) is 0 Å². The van der Waals surface area contributed by atoms with Crippen molar-refractivity contribution in [2.75, 3.05) is 4.90 Å². The molecule has 9 aromatic carbocycles. The molecule has 4 heteroatoms. The van der Waals surface area contributed by atoms with Crippen LogP contribution in [0.15, 0.2) is 205 Å². The first-order chi connectivity index (χ1) is 29.3. The summed E-state index contributed by atoms with van der Waals surface area (Å²) in [5.41, 5.74) is 14.6.